The first-order valence-corrected chi connectivity index (χ1v) is 7.60. The van der Waals surface area contributed by atoms with Crippen LogP contribution in [0, 0.1) is 0 Å². The highest BCUT2D eigenvalue weighted by molar-refractivity contribution is 9.10. The first-order chi connectivity index (χ1) is 10.3. The van der Waals surface area contributed by atoms with E-state index in [1.165, 1.54) is 16.3 Å². The van der Waals surface area contributed by atoms with E-state index in [0.717, 1.165) is 16.5 Å². The number of nitrogens with two attached hydrogens (primary N) is 1. The molecule has 1 aromatic heterocycles. The van der Waals surface area contributed by atoms with Crippen LogP contribution in [-0.2, 0) is 6.42 Å². The minimum absolute atomic E-state index is 0.0715. The zero-order valence-corrected chi connectivity index (χ0v) is 13.0. The van der Waals surface area contributed by atoms with Crippen LogP contribution in [0.15, 0.2) is 65.4 Å². The number of aromatic nitrogens is 1. The van der Waals surface area contributed by atoms with Crippen LogP contribution in [0.5, 0.6) is 0 Å². The van der Waals surface area contributed by atoms with Crippen molar-refractivity contribution < 1.29 is 0 Å². The van der Waals surface area contributed by atoms with Crippen molar-refractivity contribution in [2.45, 2.75) is 12.5 Å². The van der Waals surface area contributed by atoms with E-state index in [2.05, 4.69) is 68.8 Å². The monoisotopic (exact) mass is 341 g/mol. The van der Waals surface area contributed by atoms with Crippen LogP contribution in [-0.4, -0.2) is 4.98 Å². The molecule has 0 aliphatic carbocycles. The molecule has 1 atom stereocenters. The normalized spacial score (nSPS) is 12.5. The van der Waals surface area contributed by atoms with Crippen LogP contribution < -0.4 is 11.3 Å². The second-order valence-corrected chi connectivity index (χ2v) is 5.95. The van der Waals surface area contributed by atoms with Gasteiger partial charge in [0.25, 0.3) is 0 Å². The summed E-state index contributed by atoms with van der Waals surface area (Å²) in [5.74, 6) is 5.74. The number of nitrogens with zero attached hydrogens (tertiary/aromatic N) is 1. The van der Waals surface area contributed by atoms with Crippen LogP contribution in [0.25, 0.3) is 10.8 Å². The van der Waals surface area contributed by atoms with E-state index in [9.17, 15) is 0 Å². The molecule has 0 radical (unpaired) electrons. The quantitative estimate of drug-likeness (QED) is 0.561. The predicted octanol–water partition coefficient (Wildman–Crippen LogP) is 3.74. The Balaban J connectivity index is 1.91. The van der Waals surface area contributed by atoms with Gasteiger partial charge in [-0.1, -0.05) is 40.2 Å². The third kappa shape index (κ3) is 3.29. The second-order valence-electron chi connectivity index (χ2n) is 5.04. The molecule has 0 spiro atoms. The molecule has 2 aromatic carbocycles. The van der Waals surface area contributed by atoms with Gasteiger partial charge in [-0.2, -0.15) is 0 Å². The molecule has 3 nitrogen and oxygen atoms in total. The topological polar surface area (TPSA) is 50.9 Å². The molecule has 106 valence electrons. The molecule has 0 amide bonds. The number of hydrogen-bond donors (Lipinski definition) is 2. The van der Waals surface area contributed by atoms with Crippen LogP contribution in [0.4, 0.5) is 0 Å². The summed E-state index contributed by atoms with van der Waals surface area (Å²) in [6.07, 6.45) is 4.47. The van der Waals surface area contributed by atoms with Gasteiger partial charge in [-0.05, 0) is 52.6 Å². The average Bonchev–Trinajstić information content (AvgIpc) is 2.53. The fourth-order valence-electron chi connectivity index (χ4n) is 2.48. The zero-order valence-electron chi connectivity index (χ0n) is 11.5. The zero-order chi connectivity index (χ0) is 14.7. The molecule has 3 aromatic rings. The van der Waals surface area contributed by atoms with Gasteiger partial charge in [0.05, 0.1) is 6.04 Å². The molecule has 0 saturated carbocycles. The highest BCUT2D eigenvalue weighted by Gasteiger charge is 2.11. The molecule has 4 heteroatoms. The van der Waals surface area contributed by atoms with Crippen molar-refractivity contribution in [2.24, 2.45) is 5.84 Å². The van der Waals surface area contributed by atoms with Crippen LogP contribution in [0.1, 0.15) is 17.2 Å². The van der Waals surface area contributed by atoms with E-state index in [1.54, 1.807) is 6.20 Å². The van der Waals surface area contributed by atoms with Gasteiger partial charge in [0, 0.05) is 16.9 Å². The minimum Gasteiger partial charge on any atom is -0.271 e. The van der Waals surface area contributed by atoms with E-state index in [1.807, 2.05) is 12.3 Å². The van der Waals surface area contributed by atoms with Gasteiger partial charge in [-0.15, -0.1) is 0 Å². The largest absolute Gasteiger partial charge is 0.271 e. The maximum Gasteiger partial charge on any atom is 0.0501 e. The van der Waals surface area contributed by atoms with Gasteiger partial charge < -0.3 is 0 Å². The van der Waals surface area contributed by atoms with Gasteiger partial charge in [-0.25, -0.2) is 0 Å². The van der Waals surface area contributed by atoms with E-state index in [0.29, 0.717) is 0 Å². The Morgan fingerprint density at radius 3 is 2.67 bits per heavy atom. The summed E-state index contributed by atoms with van der Waals surface area (Å²) in [5, 5.41) is 2.42. The first kappa shape index (κ1) is 14.2. The molecule has 1 heterocycles. The number of nitrogens with one attached hydrogen (secondary N) is 1. The maximum absolute atomic E-state index is 5.74. The summed E-state index contributed by atoms with van der Waals surface area (Å²) < 4.78 is 1.09. The summed E-state index contributed by atoms with van der Waals surface area (Å²) in [7, 11) is 0. The molecule has 3 rings (SSSR count). The lowest BCUT2D eigenvalue weighted by molar-refractivity contribution is 0.552. The molecule has 0 saturated heterocycles. The van der Waals surface area contributed by atoms with Crippen molar-refractivity contribution in [1.29, 1.82) is 0 Å². The average molecular weight is 342 g/mol. The number of halogens is 1. The molecule has 1 unspecified atom stereocenters. The molecule has 0 fully saturated rings. The third-order valence-electron chi connectivity index (χ3n) is 3.59. The highest BCUT2D eigenvalue weighted by atomic mass is 79.9. The van der Waals surface area contributed by atoms with Crippen molar-refractivity contribution in [3.05, 3.63) is 76.5 Å². The van der Waals surface area contributed by atoms with Crippen LogP contribution >= 0.6 is 15.9 Å². The number of hydrazine groups is 1. The molecule has 0 aliphatic heterocycles. The molecule has 0 bridgehead atoms. The lowest BCUT2D eigenvalue weighted by atomic mass is 9.98. The number of fused-ring (bicyclic) bond motifs is 1. The summed E-state index contributed by atoms with van der Waals surface area (Å²) in [5.41, 5.74) is 5.25. The molecule has 3 N–H and O–H groups in total. The summed E-state index contributed by atoms with van der Waals surface area (Å²) in [4.78, 5) is 4.15. The van der Waals surface area contributed by atoms with Crippen molar-refractivity contribution in [2.75, 3.05) is 0 Å². The minimum atomic E-state index is 0.0715. The van der Waals surface area contributed by atoms with Gasteiger partial charge in [-0.3, -0.25) is 16.3 Å². The van der Waals surface area contributed by atoms with Crippen molar-refractivity contribution in [3.63, 3.8) is 0 Å². The Bertz CT molecular complexity index is 743. The fraction of sp³-hybridized carbons (Fsp3) is 0.118. The Labute approximate surface area is 132 Å². The van der Waals surface area contributed by atoms with Crippen molar-refractivity contribution in [3.8, 4) is 0 Å². The Hall–Kier alpha value is -1.75. The van der Waals surface area contributed by atoms with E-state index >= 15 is 0 Å². The Morgan fingerprint density at radius 1 is 1.10 bits per heavy atom. The number of benzene rings is 2. The highest BCUT2D eigenvalue weighted by Crippen LogP contribution is 2.25. The third-order valence-corrected chi connectivity index (χ3v) is 4.09. The summed E-state index contributed by atoms with van der Waals surface area (Å²) in [6.45, 7) is 0. The molecule has 21 heavy (non-hydrogen) atoms. The SMILES string of the molecule is NNC(Cc1cccnc1)c1ccc2cc(Br)ccc2c1. The second kappa shape index (κ2) is 6.35. The summed E-state index contributed by atoms with van der Waals surface area (Å²) >= 11 is 3.50. The van der Waals surface area contributed by atoms with Gasteiger partial charge in [0.1, 0.15) is 0 Å². The molecular formula is C17H16BrN3. The predicted molar refractivity (Wildman–Crippen MR) is 89.7 cm³/mol. The van der Waals surface area contributed by atoms with Gasteiger partial charge in [0.2, 0.25) is 0 Å². The van der Waals surface area contributed by atoms with Crippen molar-refractivity contribution >= 4 is 26.7 Å². The van der Waals surface area contributed by atoms with E-state index in [4.69, 9.17) is 5.84 Å². The number of hydrogen-bond acceptors (Lipinski definition) is 3. The van der Waals surface area contributed by atoms with Crippen molar-refractivity contribution in [1.82, 2.24) is 10.4 Å². The van der Waals surface area contributed by atoms with Gasteiger partial charge >= 0.3 is 0 Å². The van der Waals surface area contributed by atoms with Crippen LogP contribution in [0.2, 0.25) is 0 Å². The molecule has 0 aliphatic rings. The lowest BCUT2D eigenvalue weighted by Gasteiger charge is -2.17. The fourth-order valence-corrected chi connectivity index (χ4v) is 2.86. The Kier molecular flexibility index (Phi) is 4.29. The number of rotatable bonds is 4. The lowest BCUT2D eigenvalue weighted by Crippen LogP contribution is -2.29. The standard InChI is InChI=1S/C17H16BrN3/c18-16-6-5-13-9-15(4-3-14(13)10-16)17(21-19)8-12-2-1-7-20-11-12/h1-7,9-11,17,21H,8,19H2. The van der Waals surface area contributed by atoms with Gasteiger partial charge in [0.15, 0.2) is 0 Å². The smallest absolute Gasteiger partial charge is 0.0501 e. The number of pyridine rings is 1. The van der Waals surface area contributed by atoms with E-state index < -0.39 is 0 Å². The Morgan fingerprint density at radius 2 is 1.90 bits per heavy atom. The van der Waals surface area contributed by atoms with Crippen LogP contribution in [0.3, 0.4) is 0 Å². The maximum atomic E-state index is 5.74. The molecular weight excluding hydrogens is 326 g/mol. The first-order valence-electron chi connectivity index (χ1n) is 6.80. The summed E-state index contributed by atoms with van der Waals surface area (Å²) in [6, 6.07) is 16.8. The van der Waals surface area contributed by atoms with E-state index in [-0.39, 0.29) is 6.04 Å².